The summed E-state index contributed by atoms with van der Waals surface area (Å²) in [6, 6.07) is 26.1. The number of H-pyrrole nitrogens is 1. The van der Waals surface area contributed by atoms with Crippen molar-refractivity contribution in [2.45, 2.75) is 13.0 Å². The van der Waals surface area contributed by atoms with E-state index >= 15 is 0 Å². The van der Waals surface area contributed by atoms with Gasteiger partial charge >= 0.3 is 0 Å². The van der Waals surface area contributed by atoms with Crippen molar-refractivity contribution in [2.24, 2.45) is 0 Å². The average Bonchev–Trinajstić information content (AvgIpc) is 3.38. The van der Waals surface area contributed by atoms with Crippen LogP contribution in [0, 0.1) is 0 Å². The molecule has 3 aromatic carbocycles. The highest BCUT2D eigenvalue weighted by Gasteiger charge is 2.10. The number of hydrogen-bond donors (Lipinski definition) is 1. The Hall–Kier alpha value is -4.26. The lowest BCUT2D eigenvalue weighted by atomic mass is 10.0. The normalized spacial score (nSPS) is 10.9. The maximum Gasteiger partial charge on any atom is 0.204 e. The molecule has 158 valence electrons. The Morgan fingerprint density at radius 2 is 1.84 bits per heavy atom. The topological polar surface area (TPSA) is 85.8 Å². The van der Waals surface area contributed by atoms with Crippen LogP contribution in [-0.4, -0.2) is 32.7 Å². The Labute approximate surface area is 185 Å². The van der Waals surface area contributed by atoms with Crippen LogP contribution in [0.3, 0.4) is 0 Å². The second kappa shape index (κ2) is 8.85. The van der Waals surface area contributed by atoms with E-state index in [2.05, 4.69) is 43.8 Å². The molecule has 1 N–H and O–H groups in total. The molecule has 2 aromatic heterocycles. The minimum Gasteiger partial charge on any atom is -0.496 e. The fraction of sp³-hybridized carbons (Fsp3) is 0.120. The smallest absolute Gasteiger partial charge is 0.204 e. The predicted octanol–water partition coefficient (Wildman–Crippen LogP) is 4.59. The lowest BCUT2D eigenvalue weighted by molar-refractivity contribution is 0.301. The largest absolute Gasteiger partial charge is 0.496 e. The van der Waals surface area contributed by atoms with Crippen LogP contribution < -0.4 is 9.47 Å². The third-order valence-corrected chi connectivity index (χ3v) is 5.23. The van der Waals surface area contributed by atoms with Crippen molar-refractivity contribution in [2.75, 3.05) is 7.11 Å². The van der Waals surface area contributed by atoms with E-state index in [4.69, 9.17) is 9.47 Å². The van der Waals surface area contributed by atoms with Crippen molar-refractivity contribution in [3.63, 3.8) is 0 Å². The monoisotopic (exact) mass is 423 g/mol. The number of benzene rings is 3. The number of para-hydroxylation sites is 1. The highest BCUT2D eigenvalue weighted by molar-refractivity contribution is 5.78. The molecule has 7 heteroatoms. The summed E-state index contributed by atoms with van der Waals surface area (Å²) in [4.78, 5) is 4.67. The van der Waals surface area contributed by atoms with E-state index in [1.54, 1.807) is 7.11 Å². The molecule has 0 fully saturated rings. The van der Waals surface area contributed by atoms with E-state index in [0.29, 0.717) is 18.9 Å². The maximum atomic E-state index is 6.02. The number of pyridine rings is 1. The SMILES string of the molecule is COc1cc(-c2nn[nH]n2)ccc1Cc1cccc(OCc2ccc3ccccc3n2)c1. The second-order valence-electron chi connectivity index (χ2n) is 7.37. The molecule has 0 atom stereocenters. The maximum absolute atomic E-state index is 6.02. The van der Waals surface area contributed by atoms with Gasteiger partial charge < -0.3 is 9.47 Å². The number of tetrazole rings is 1. The zero-order chi connectivity index (χ0) is 21.8. The number of hydrogen-bond acceptors (Lipinski definition) is 6. The molecule has 5 rings (SSSR count). The summed E-state index contributed by atoms with van der Waals surface area (Å²) in [5.74, 6) is 2.12. The molecule has 32 heavy (non-hydrogen) atoms. The summed E-state index contributed by atoms with van der Waals surface area (Å²) in [6.07, 6.45) is 0.709. The molecule has 0 aliphatic heterocycles. The fourth-order valence-electron chi connectivity index (χ4n) is 3.62. The van der Waals surface area contributed by atoms with Crippen molar-refractivity contribution in [1.29, 1.82) is 0 Å². The van der Waals surface area contributed by atoms with E-state index in [-0.39, 0.29) is 0 Å². The molecule has 7 nitrogen and oxygen atoms in total. The van der Waals surface area contributed by atoms with E-state index in [0.717, 1.165) is 44.8 Å². The first-order valence-electron chi connectivity index (χ1n) is 10.3. The highest BCUT2D eigenvalue weighted by atomic mass is 16.5. The molecule has 0 saturated carbocycles. The molecule has 5 aromatic rings. The zero-order valence-electron chi connectivity index (χ0n) is 17.5. The van der Waals surface area contributed by atoms with Crippen molar-refractivity contribution in [1.82, 2.24) is 25.6 Å². The van der Waals surface area contributed by atoms with Gasteiger partial charge in [0.2, 0.25) is 5.82 Å². The molecular formula is C25H21N5O2. The first-order valence-corrected chi connectivity index (χ1v) is 10.3. The molecule has 0 aliphatic rings. The van der Waals surface area contributed by atoms with E-state index in [1.165, 1.54) is 0 Å². The molecule has 0 spiro atoms. The number of nitrogens with one attached hydrogen (secondary N) is 1. The molecule has 0 amide bonds. The van der Waals surface area contributed by atoms with Gasteiger partial charge in [0, 0.05) is 17.4 Å². The Morgan fingerprint density at radius 1 is 0.906 bits per heavy atom. The molecular weight excluding hydrogens is 402 g/mol. The van der Waals surface area contributed by atoms with Crippen LogP contribution in [0.5, 0.6) is 11.5 Å². The molecule has 0 saturated heterocycles. The lowest BCUT2D eigenvalue weighted by Crippen LogP contribution is -1.99. The van der Waals surface area contributed by atoms with Gasteiger partial charge in [-0.15, -0.1) is 10.2 Å². The van der Waals surface area contributed by atoms with Crippen LogP contribution >= 0.6 is 0 Å². The van der Waals surface area contributed by atoms with Gasteiger partial charge in [-0.2, -0.15) is 5.21 Å². The molecule has 0 bridgehead atoms. The number of fused-ring (bicyclic) bond motifs is 1. The Bertz CT molecular complexity index is 1350. The van der Waals surface area contributed by atoms with Crippen molar-refractivity contribution >= 4 is 10.9 Å². The number of nitrogens with zero attached hydrogens (tertiary/aromatic N) is 4. The van der Waals surface area contributed by atoms with Crippen LogP contribution in [-0.2, 0) is 13.0 Å². The average molecular weight is 423 g/mol. The quantitative estimate of drug-likeness (QED) is 0.412. The van der Waals surface area contributed by atoms with Crippen molar-refractivity contribution in [3.8, 4) is 22.9 Å². The van der Waals surface area contributed by atoms with Crippen LogP contribution in [0.2, 0.25) is 0 Å². The fourth-order valence-corrected chi connectivity index (χ4v) is 3.62. The number of methoxy groups -OCH3 is 1. The zero-order valence-corrected chi connectivity index (χ0v) is 17.5. The molecule has 0 aliphatic carbocycles. The number of aromatic nitrogens is 5. The van der Waals surface area contributed by atoms with Gasteiger partial charge in [-0.05, 0) is 46.7 Å². The van der Waals surface area contributed by atoms with Crippen molar-refractivity contribution < 1.29 is 9.47 Å². The summed E-state index contributed by atoms with van der Waals surface area (Å²) < 4.78 is 11.6. The van der Waals surface area contributed by atoms with Gasteiger partial charge in [-0.3, -0.25) is 0 Å². The van der Waals surface area contributed by atoms with Gasteiger partial charge in [0.25, 0.3) is 0 Å². The standard InChI is InChI=1S/C25H21N5O2/c1-31-24-15-20(25-27-29-30-28-25)10-9-19(24)13-17-5-4-7-22(14-17)32-16-21-12-11-18-6-2-3-8-23(18)26-21/h2-12,14-15H,13,16H2,1H3,(H,27,28,29,30). The predicted molar refractivity (Wildman–Crippen MR) is 121 cm³/mol. The summed E-state index contributed by atoms with van der Waals surface area (Å²) in [7, 11) is 1.66. The number of aromatic amines is 1. The Kier molecular flexibility index (Phi) is 5.45. The van der Waals surface area contributed by atoms with Crippen LogP contribution in [0.25, 0.3) is 22.3 Å². The molecule has 0 radical (unpaired) electrons. The third kappa shape index (κ3) is 4.27. The Morgan fingerprint density at radius 3 is 2.72 bits per heavy atom. The van der Waals surface area contributed by atoms with Crippen LogP contribution in [0.1, 0.15) is 16.8 Å². The van der Waals surface area contributed by atoms with E-state index in [9.17, 15) is 0 Å². The van der Waals surface area contributed by atoms with Gasteiger partial charge in [-0.25, -0.2) is 4.98 Å². The highest BCUT2D eigenvalue weighted by Crippen LogP contribution is 2.28. The lowest BCUT2D eigenvalue weighted by Gasteiger charge is -2.11. The first-order chi connectivity index (χ1) is 15.8. The van der Waals surface area contributed by atoms with Crippen LogP contribution in [0.15, 0.2) is 78.9 Å². The third-order valence-electron chi connectivity index (χ3n) is 5.23. The number of ether oxygens (including phenoxy) is 2. The van der Waals surface area contributed by atoms with Gasteiger partial charge in [-0.1, -0.05) is 48.5 Å². The summed E-state index contributed by atoms with van der Waals surface area (Å²) in [5.41, 5.74) is 4.90. The van der Waals surface area contributed by atoms with Crippen molar-refractivity contribution in [3.05, 3.63) is 95.7 Å². The summed E-state index contributed by atoms with van der Waals surface area (Å²) >= 11 is 0. The van der Waals surface area contributed by atoms with Gasteiger partial charge in [0.05, 0.1) is 18.3 Å². The minimum absolute atomic E-state index is 0.414. The minimum atomic E-state index is 0.414. The van der Waals surface area contributed by atoms with Gasteiger partial charge in [0.1, 0.15) is 18.1 Å². The first kappa shape index (κ1) is 19.7. The van der Waals surface area contributed by atoms with Crippen LogP contribution in [0.4, 0.5) is 0 Å². The van der Waals surface area contributed by atoms with E-state index in [1.807, 2.05) is 60.7 Å². The summed E-state index contributed by atoms with van der Waals surface area (Å²) in [6.45, 7) is 0.414. The molecule has 0 unspecified atom stereocenters. The summed E-state index contributed by atoms with van der Waals surface area (Å²) in [5, 5.41) is 15.3. The second-order valence-corrected chi connectivity index (χ2v) is 7.37. The number of rotatable bonds is 7. The Balaban J connectivity index is 1.30. The van der Waals surface area contributed by atoms with E-state index < -0.39 is 0 Å². The molecule has 2 heterocycles. The van der Waals surface area contributed by atoms with Gasteiger partial charge in [0.15, 0.2) is 0 Å².